The molecular weight excluding hydrogens is 360 g/mol. The Morgan fingerprint density at radius 3 is 2.64 bits per heavy atom. The van der Waals surface area contributed by atoms with Gasteiger partial charge in [-0.2, -0.15) is 0 Å². The highest BCUT2D eigenvalue weighted by Crippen LogP contribution is 2.32. The van der Waals surface area contributed by atoms with Gasteiger partial charge in [0, 0.05) is 31.1 Å². The molecule has 2 amide bonds. The van der Waals surface area contributed by atoms with Gasteiger partial charge < -0.3 is 24.8 Å². The van der Waals surface area contributed by atoms with Crippen molar-refractivity contribution < 1.29 is 23.8 Å². The summed E-state index contributed by atoms with van der Waals surface area (Å²) >= 11 is 0. The Kier molecular flexibility index (Phi) is 6.73. The molecule has 0 bridgehead atoms. The van der Waals surface area contributed by atoms with Crippen LogP contribution >= 0.6 is 0 Å². The summed E-state index contributed by atoms with van der Waals surface area (Å²) in [6.07, 6.45) is 1.17. The van der Waals surface area contributed by atoms with Crippen LogP contribution < -0.4 is 24.8 Å². The number of rotatable bonds is 8. The molecule has 2 aromatic rings. The number of hydrogen-bond acceptors (Lipinski definition) is 5. The van der Waals surface area contributed by atoms with E-state index in [0.29, 0.717) is 43.2 Å². The van der Waals surface area contributed by atoms with Crippen LogP contribution in [0.4, 0.5) is 5.69 Å². The van der Waals surface area contributed by atoms with E-state index in [9.17, 15) is 9.59 Å². The first-order valence-electron chi connectivity index (χ1n) is 9.23. The monoisotopic (exact) mass is 384 g/mol. The van der Waals surface area contributed by atoms with Crippen LogP contribution in [0.5, 0.6) is 17.2 Å². The first kappa shape index (κ1) is 19.5. The van der Waals surface area contributed by atoms with Crippen LogP contribution in [0.25, 0.3) is 0 Å². The molecule has 1 heterocycles. The van der Waals surface area contributed by atoms with Gasteiger partial charge in [0.25, 0.3) is 0 Å². The Bertz CT molecular complexity index is 837. The van der Waals surface area contributed by atoms with Crippen LogP contribution in [0.1, 0.15) is 18.4 Å². The normalized spacial score (nSPS) is 12.2. The van der Waals surface area contributed by atoms with Crippen molar-refractivity contribution in [1.82, 2.24) is 5.32 Å². The highest BCUT2D eigenvalue weighted by molar-refractivity contribution is 5.91. The van der Waals surface area contributed by atoms with E-state index in [-0.39, 0.29) is 24.8 Å². The maximum absolute atomic E-state index is 12.1. The van der Waals surface area contributed by atoms with E-state index >= 15 is 0 Å². The Hall–Kier alpha value is -3.22. The van der Waals surface area contributed by atoms with Crippen LogP contribution in [0.3, 0.4) is 0 Å². The average molecular weight is 384 g/mol. The number of anilines is 1. The van der Waals surface area contributed by atoms with Gasteiger partial charge in [-0.3, -0.25) is 9.59 Å². The second-order valence-corrected chi connectivity index (χ2v) is 6.36. The Morgan fingerprint density at radius 1 is 1.00 bits per heavy atom. The van der Waals surface area contributed by atoms with Crippen LogP contribution in [0.2, 0.25) is 0 Å². The molecule has 0 atom stereocenters. The number of carbonyl (C=O) groups is 2. The van der Waals surface area contributed by atoms with Gasteiger partial charge in [0.15, 0.2) is 11.5 Å². The lowest BCUT2D eigenvalue weighted by molar-refractivity contribution is -0.121. The zero-order valence-electron chi connectivity index (χ0n) is 15.8. The smallest absolute Gasteiger partial charge is 0.226 e. The van der Waals surface area contributed by atoms with Crippen molar-refractivity contribution in [3.8, 4) is 17.2 Å². The van der Waals surface area contributed by atoms with E-state index in [1.807, 2.05) is 24.3 Å². The predicted molar refractivity (Wildman–Crippen MR) is 105 cm³/mol. The molecule has 7 heteroatoms. The summed E-state index contributed by atoms with van der Waals surface area (Å²) < 4.78 is 16.1. The lowest BCUT2D eigenvalue weighted by Gasteiger charge is -2.19. The minimum absolute atomic E-state index is 0.0880. The highest BCUT2D eigenvalue weighted by Gasteiger charge is 2.13. The van der Waals surface area contributed by atoms with Crippen molar-refractivity contribution >= 4 is 17.5 Å². The van der Waals surface area contributed by atoms with Gasteiger partial charge in [0.2, 0.25) is 11.8 Å². The molecule has 3 rings (SSSR count). The van der Waals surface area contributed by atoms with Crippen LogP contribution in [0.15, 0.2) is 42.5 Å². The second kappa shape index (κ2) is 9.64. The molecule has 0 unspecified atom stereocenters. The number of ether oxygens (including phenoxy) is 3. The number of hydrogen-bond donors (Lipinski definition) is 2. The van der Waals surface area contributed by atoms with Crippen molar-refractivity contribution in [2.24, 2.45) is 0 Å². The summed E-state index contributed by atoms with van der Waals surface area (Å²) in [6, 6.07) is 12.9. The maximum Gasteiger partial charge on any atom is 0.226 e. The number of fused-ring (bicyclic) bond motifs is 1. The molecule has 0 radical (unpaired) electrons. The Morgan fingerprint density at radius 2 is 1.82 bits per heavy atom. The molecule has 0 fully saturated rings. The van der Waals surface area contributed by atoms with Gasteiger partial charge in [-0.1, -0.05) is 12.1 Å². The largest absolute Gasteiger partial charge is 0.497 e. The molecule has 28 heavy (non-hydrogen) atoms. The zero-order valence-corrected chi connectivity index (χ0v) is 15.8. The van der Waals surface area contributed by atoms with Crippen LogP contribution in [-0.2, 0) is 16.0 Å². The number of aryl methyl sites for hydroxylation is 1. The summed E-state index contributed by atoms with van der Waals surface area (Å²) in [7, 11) is 1.61. The molecule has 148 valence electrons. The fourth-order valence-electron chi connectivity index (χ4n) is 2.83. The molecular formula is C21H24N2O5. The minimum Gasteiger partial charge on any atom is -0.497 e. The molecule has 1 aliphatic rings. The molecule has 2 aromatic carbocycles. The highest BCUT2D eigenvalue weighted by atomic mass is 16.6. The summed E-state index contributed by atoms with van der Waals surface area (Å²) in [6.45, 7) is 1.30. The minimum atomic E-state index is -0.176. The summed E-state index contributed by atoms with van der Waals surface area (Å²) in [4.78, 5) is 24.0. The first-order chi connectivity index (χ1) is 13.6. The zero-order chi connectivity index (χ0) is 19.8. The maximum atomic E-state index is 12.1. The quantitative estimate of drug-likeness (QED) is 0.731. The Labute approximate surface area is 164 Å². The summed E-state index contributed by atoms with van der Waals surface area (Å²) in [5.41, 5.74) is 1.67. The van der Waals surface area contributed by atoms with Crippen molar-refractivity contribution in [3.63, 3.8) is 0 Å². The van der Waals surface area contributed by atoms with Crippen LogP contribution in [-0.4, -0.2) is 38.7 Å². The molecule has 0 saturated carbocycles. The average Bonchev–Trinajstić information content (AvgIpc) is 2.72. The van der Waals surface area contributed by atoms with Gasteiger partial charge in [-0.25, -0.2) is 0 Å². The number of benzene rings is 2. The summed E-state index contributed by atoms with van der Waals surface area (Å²) in [5.74, 6) is 1.80. The molecule has 0 saturated heterocycles. The number of nitrogens with one attached hydrogen (secondary N) is 2. The predicted octanol–water partition coefficient (Wildman–Crippen LogP) is 2.54. The molecule has 0 aromatic heterocycles. The van der Waals surface area contributed by atoms with E-state index in [4.69, 9.17) is 14.2 Å². The van der Waals surface area contributed by atoms with Crippen molar-refractivity contribution in [3.05, 3.63) is 48.0 Å². The van der Waals surface area contributed by atoms with Gasteiger partial charge >= 0.3 is 0 Å². The van der Waals surface area contributed by atoms with E-state index in [1.165, 1.54) is 0 Å². The third kappa shape index (κ3) is 5.64. The van der Waals surface area contributed by atoms with Crippen LogP contribution in [0, 0.1) is 0 Å². The first-order valence-corrected chi connectivity index (χ1v) is 9.23. The fourth-order valence-corrected chi connectivity index (χ4v) is 2.83. The van der Waals surface area contributed by atoms with Crippen molar-refractivity contribution in [2.75, 3.05) is 32.2 Å². The SMILES string of the molecule is COc1cccc(CCC(=O)NCCC(=O)Nc2ccc3c(c2)OCCO3)c1. The molecule has 1 aliphatic heterocycles. The topological polar surface area (TPSA) is 85.9 Å². The Balaban J connectivity index is 1.37. The molecule has 0 spiro atoms. The number of amides is 2. The molecule has 7 nitrogen and oxygen atoms in total. The van der Waals surface area contributed by atoms with E-state index in [1.54, 1.807) is 25.3 Å². The lowest BCUT2D eigenvalue weighted by atomic mass is 10.1. The van der Waals surface area contributed by atoms with Crippen molar-refractivity contribution in [1.29, 1.82) is 0 Å². The van der Waals surface area contributed by atoms with Gasteiger partial charge in [0.05, 0.1) is 7.11 Å². The van der Waals surface area contributed by atoms with Gasteiger partial charge in [-0.05, 0) is 36.2 Å². The lowest BCUT2D eigenvalue weighted by Crippen LogP contribution is -2.27. The third-order valence-corrected chi connectivity index (χ3v) is 4.28. The number of carbonyl (C=O) groups excluding carboxylic acids is 2. The summed E-state index contributed by atoms with van der Waals surface area (Å²) in [5, 5.41) is 5.57. The van der Waals surface area contributed by atoms with Gasteiger partial charge in [0.1, 0.15) is 19.0 Å². The fraction of sp³-hybridized carbons (Fsp3) is 0.333. The van der Waals surface area contributed by atoms with E-state index < -0.39 is 0 Å². The number of methoxy groups -OCH3 is 1. The second-order valence-electron chi connectivity index (χ2n) is 6.36. The molecule has 2 N–H and O–H groups in total. The van der Waals surface area contributed by atoms with E-state index in [0.717, 1.165) is 11.3 Å². The molecule has 0 aliphatic carbocycles. The standard InChI is InChI=1S/C21H24N2O5/c1-26-17-4-2-3-15(13-17)5-8-20(24)22-10-9-21(25)23-16-6-7-18-19(14-16)28-12-11-27-18/h2-4,6-7,13-14H,5,8-12H2,1H3,(H,22,24)(H,23,25). The van der Waals surface area contributed by atoms with Gasteiger partial charge in [-0.15, -0.1) is 0 Å². The van der Waals surface area contributed by atoms with Crippen molar-refractivity contribution in [2.45, 2.75) is 19.3 Å². The third-order valence-electron chi connectivity index (χ3n) is 4.28. The van der Waals surface area contributed by atoms with E-state index in [2.05, 4.69) is 10.6 Å².